The maximum atomic E-state index is 10.9. The van der Waals surface area contributed by atoms with E-state index in [4.69, 9.17) is 34.0 Å². The molecular formula is C12H15Cl2NO2. The molecule has 94 valence electrons. The number of aliphatic carboxylic acids is 1. The van der Waals surface area contributed by atoms with Gasteiger partial charge in [-0.25, -0.2) is 0 Å². The molecule has 1 rings (SSSR count). The number of halogens is 2. The molecule has 0 heterocycles. The highest BCUT2D eigenvalue weighted by atomic mass is 35.5. The van der Waals surface area contributed by atoms with Crippen molar-refractivity contribution in [1.29, 1.82) is 0 Å². The summed E-state index contributed by atoms with van der Waals surface area (Å²) in [5.74, 6) is -1.43. The van der Waals surface area contributed by atoms with Crippen LogP contribution in [0.4, 0.5) is 0 Å². The number of nitrogens with two attached hydrogens (primary N) is 1. The zero-order valence-corrected chi connectivity index (χ0v) is 11.0. The SMILES string of the molecule is CC(CC(CN)C(=O)O)c1cccc(Cl)c1Cl. The van der Waals surface area contributed by atoms with Crippen molar-refractivity contribution in [3.63, 3.8) is 0 Å². The van der Waals surface area contributed by atoms with Crippen LogP contribution in [0.15, 0.2) is 18.2 Å². The first kappa shape index (κ1) is 14.3. The molecule has 0 saturated carbocycles. The molecule has 17 heavy (non-hydrogen) atoms. The second-order valence-electron chi connectivity index (χ2n) is 4.05. The van der Waals surface area contributed by atoms with Gasteiger partial charge in [0, 0.05) is 6.54 Å². The van der Waals surface area contributed by atoms with Crippen molar-refractivity contribution < 1.29 is 9.90 Å². The average molecular weight is 276 g/mol. The van der Waals surface area contributed by atoms with Gasteiger partial charge in [-0.15, -0.1) is 0 Å². The molecule has 0 bridgehead atoms. The first-order valence-corrected chi connectivity index (χ1v) is 6.09. The van der Waals surface area contributed by atoms with E-state index in [0.29, 0.717) is 16.5 Å². The smallest absolute Gasteiger partial charge is 0.307 e. The first-order valence-electron chi connectivity index (χ1n) is 5.34. The third-order valence-corrected chi connectivity index (χ3v) is 3.62. The Morgan fingerprint density at radius 1 is 1.47 bits per heavy atom. The van der Waals surface area contributed by atoms with Crippen molar-refractivity contribution in [2.45, 2.75) is 19.3 Å². The van der Waals surface area contributed by atoms with Gasteiger partial charge in [-0.3, -0.25) is 4.79 Å². The van der Waals surface area contributed by atoms with Crippen LogP contribution in [0.25, 0.3) is 0 Å². The van der Waals surface area contributed by atoms with Crippen molar-refractivity contribution in [2.75, 3.05) is 6.54 Å². The van der Waals surface area contributed by atoms with Gasteiger partial charge in [0.15, 0.2) is 0 Å². The fourth-order valence-corrected chi connectivity index (χ4v) is 2.25. The maximum Gasteiger partial charge on any atom is 0.307 e. The van der Waals surface area contributed by atoms with Gasteiger partial charge >= 0.3 is 5.97 Å². The molecule has 2 unspecified atom stereocenters. The Bertz CT molecular complexity index is 409. The molecule has 3 nitrogen and oxygen atoms in total. The van der Waals surface area contributed by atoms with E-state index in [1.165, 1.54) is 0 Å². The summed E-state index contributed by atoms with van der Waals surface area (Å²) in [6, 6.07) is 5.37. The minimum atomic E-state index is -0.877. The minimum Gasteiger partial charge on any atom is -0.481 e. The number of benzene rings is 1. The van der Waals surface area contributed by atoms with Crippen LogP contribution in [-0.4, -0.2) is 17.6 Å². The third kappa shape index (κ3) is 3.60. The molecule has 3 N–H and O–H groups in total. The Morgan fingerprint density at radius 2 is 2.12 bits per heavy atom. The number of carbonyl (C=O) groups is 1. The first-order chi connectivity index (χ1) is 7.97. The van der Waals surface area contributed by atoms with Crippen molar-refractivity contribution in [1.82, 2.24) is 0 Å². The number of hydrogen-bond donors (Lipinski definition) is 2. The van der Waals surface area contributed by atoms with Gasteiger partial charge < -0.3 is 10.8 Å². The standard InChI is InChI=1S/C12H15Cl2NO2/c1-7(5-8(6-15)12(16)17)9-3-2-4-10(13)11(9)14/h2-4,7-8H,5-6,15H2,1H3,(H,16,17). The Labute approximate surface area is 111 Å². The highest BCUT2D eigenvalue weighted by Crippen LogP contribution is 2.33. The largest absolute Gasteiger partial charge is 0.481 e. The average Bonchev–Trinajstić information content (AvgIpc) is 2.28. The number of rotatable bonds is 5. The predicted molar refractivity (Wildman–Crippen MR) is 69.7 cm³/mol. The van der Waals surface area contributed by atoms with Crippen molar-refractivity contribution >= 4 is 29.2 Å². The molecule has 1 aromatic rings. The van der Waals surface area contributed by atoms with Crippen molar-refractivity contribution in [3.05, 3.63) is 33.8 Å². The quantitative estimate of drug-likeness (QED) is 0.868. The lowest BCUT2D eigenvalue weighted by Crippen LogP contribution is -2.24. The fourth-order valence-electron chi connectivity index (χ4n) is 1.75. The van der Waals surface area contributed by atoms with Crippen LogP contribution in [0.2, 0.25) is 10.0 Å². The molecule has 2 atom stereocenters. The van der Waals surface area contributed by atoms with Gasteiger partial charge in [-0.2, -0.15) is 0 Å². The fraction of sp³-hybridized carbons (Fsp3) is 0.417. The molecular weight excluding hydrogens is 261 g/mol. The van der Waals surface area contributed by atoms with Crippen LogP contribution in [0.3, 0.4) is 0 Å². The summed E-state index contributed by atoms with van der Waals surface area (Å²) in [4.78, 5) is 10.9. The Kier molecular flexibility index (Phi) is 5.25. The van der Waals surface area contributed by atoms with Crippen LogP contribution in [-0.2, 0) is 4.79 Å². The second kappa shape index (κ2) is 6.24. The van der Waals surface area contributed by atoms with Gasteiger partial charge in [0.1, 0.15) is 0 Å². The number of hydrogen-bond acceptors (Lipinski definition) is 2. The van der Waals surface area contributed by atoms with Gasteiger partial charge in [0.05, 0.1) is 16.0 Å². The summed E-state index contributed by atoms with van der Waals surface area (Å²) in [5.41, 5.74) is 6.29. The number of carboxylic acids is 1. The zero-order valence-electron chi connectivity index (χ0n) is 9.49. The molecule has 5 heteroatoms. The van der Waals surface area contributed by atoms with E-state index in [9.17, 15) is 4.79 Å². The van der Waals surface area contributed by atoms with E-state index in [1.54, 1.807) is 12.1 Å². The van der Waals surface area contributed by atoms with Crippen LogP contribution in [0, 0.1) is 5.92 Å². The molecule has 0 fully saturated rings. The predicted octanol–water partition coefficient (Wildman–Crippen LogP) is 3.15. The van der Waals surface area contributed by atoms with Crippen molar-refractivity contribution in [2.24, 2.45) is 11.7 Å². The molecule has 0 aromatic heterocycles. The van der Waals surface area contributed by atoms with Gasteiger partial charge in [-0.05, 0) is 24.0 Å². The maximum absolute atomic E-state index is 10.9. The van der Waals surface area contributed by atoms with E-state index in [0.717, 1.165) is 5.56 Å². The van der Waals surface area contributed by atoms with Crippen LogP contribution in [0.1, 0.15) is 24.8 Å². The molecule has 0 saturated heterocycles. The van der Waals surface area contributed by atoms with Crippen LogP contribution < -0.4 is 5.73 Å². The zero-order chi connectivity index (χ0) is 13.0. The van der Waals surface area contributed by atoms with E-state index in [1.807, 2.05) is 13.0 Å². The van der Waals surface area contributed by atoms with E-state index >= 15 is 0 Å². The Morgan fingerprint density at radius 3 is 2.65 bits per heavy atom. The summed E-state index contributed by atoms with van der Waals surface area (Å²) in [5, 5.41) is 9.92. The Hall–Kier alpha value is -0.770. The summed E-state index contributed by atoms with van der Waals surface area (Å²) < 4.78 is 0. The van der Waals surface area contributed by atoms with Gasteiger partial charge in [-0.1, -0.05) is 42.3 Å². The summed E-state index contributed by atoms with van der Waals surface area (Å²) in [6.45, 7) is 2.04. The van der Waals surface area contributed by atoms with Crippen LogP contribution in [0.5, 0.6) is 0 Å². The third-order valence-electron chi connectivity index (χ3n) is 2.78. The van der Waals surface area contributed by atoms with Crippen molar-refractivity contribution in [3.8, 4) is 0 Å². The van der Waals surface area contributed by atoms with E-state index < -0.39 is 11.9 Å². The molecule has 1 aromatic carbocycles. The summed E-state index contributed by atoms with van der Waals surface area (Å²) in [7, 11) is 0. The molecule has 0 spiro atoms. The molecule has 0 aliphatic carbocycles. The lowest BCUT2D eigenvalue weighted by molar-refractivity contribution is -0.141. The highest BCUT2D eigenvalue weighted by Gasteiger charge is 2.21. The van der Waals surface area contributed by atoms with Gasteiger partial charge in [0.2, 0.25) is 0 Å². The monoisotopic (exact) mass is 275 g/mol. The minimum absolute atomic E-state index is 0.00542. The molecule has 0 aliphatic heterocycles. The molecule has 0 aliphatic rings. The second-order valence-corrected chi connectivity index (χ2v) is 4.84. The van der Waals surface area contributed by atoms with Crippen LogP contribution >= 0.6 is 23.2 Å². The lowest BCUT2D eigenvalue weighted by Gasteiger charge is -2.18. The van der Waals surface area contributed by atoms with E-state index in [2.05, 4.69) is 0 Å². The normalized spacial score (nSPS) is 14.4. The summed E-state index contributed by atoms with van der Waals surface area (Å²) in [6.07, 6.45) is 0.450. The molecule has 0 radical (unpaired) electrons. The van der Waals surface area contributed by atoms with Gasteiger partial charge in [0.25, 0.3) is 0 Å². The van der Waals surface area contributed by atoms with E-state index in [-0.39, 0.29) is 12.5 Å². The Balaban J connectivity index is 2.86. The summed E-state index contributed by atoms with van der Waals surface area (Å²) >= 11 is 12.0. The highest BCUT2D eigenvalue weighted by molar-refractivity contribution is 6.42. The molecule has 0 amide bonds. The lowest BCUT2D eigenvalue weighted by atomic mass is 9.90. The topological polar surface area (TPSA) is 63.3 Å². The number of carboxylic acid groups (broad SMARTS) is 1.